The third kappa shape index (κ3) is 3.97. The van der Waals surface area contributed by atoms with E-state index in [1.54, 1.807) is 0 Å². The average Bonchev–Trinajstić information content (AvgIpc) is 2.11. The molecule has 15 heavy (non-hydrogen) atoms. The summed E-state index contributed by atoms with van der Waals surface area (Å²) in [6.07, 6.45) is 3.35. The van der Waals surface area contributed by atoms with Gasteiger partial charge in [-0.25, -0.2) is 0 Å². The van der Waals surface area contributed by atoms with Crippen LogP contribution in [-0.4, -0.2) is 28.3 Å². The van der Waals surface area contributed by atoms with Gasteiger partial charge in [-0.1, -0.05) is 20.8 Å². The second kappa shape index (κ2) is 6.12. The summed E-state index contributed by atoms with van der Waals surface area (Å²) in [5.74, 6) is 1.50. The summed E-state index contributed by atoms with van der Waals surface area (Å²) < 4.78 is 0. The van der Waals surface area contributed by atoms with Gasteiger partial charge in [-0.3, -0.25) is 0 Å². The Morgan fingerprint density at radius 3 is 2.60 bits per heavy atom. The molecule has 3 N–H and O–H groups in total. The molecule has 1 aliphatic rings. The van der Waals surface area contributed by atoms with Crippen molar-refractivity contribution in [1.82, 2.24) is 0 Å². The number of hydrogen-bond acceptors (Lipinski definition) is 3. The molecule has 0 aliphatic heterocycles. The normalized spacial score (nSPS) is 39.0. The molecule has 5 unspecified atom stereocenters. The largest absolute Gasteiger partial charge is 0.396 e. The molecule has 1 fully saturated rings. The van der Waals surface area contributed by atoms with Gasteiger partial charge >= 0.3 is 0 Å². The molecule has 1 rings (SSSR count). The molecule has 2 nitrogen and oxygen atoms in total. The summed E-state index contributed by atoms with van der Waals surface area (Å²) in [7, 11) is 0. The fourth-order valence-electron chi connectivity index (χ4n) is 2.64. The highest BCUT2D eigenvalue weighted by Gasteiger charge is 2.32. The van der Waals surface area contributed by atoms with Gasteiger partial charge < -0.3 is 10.8 Å². The second-order valence-corrected chi connectivity index (χ2v) is 6.76. The Hall–Kier alpha value is 0.270. The summed E-state index contributed by atoms with van der Waals surface area (Å²) in [6.45, 7) is 7.10. The van der Waals surface area contributed by atoms with Gasteiger partial charge in [0.2, 0.25) is 0 Å². The van der Waals surface area contributed by atoms with Crippen molar-refractivity contribution in [2.75, 3.05) is 6.61 Å². The summed E-state index contributed by atoms with van der Waals surface area (Å²) in [6, 6.07) is 0.342. The Morgan fingerprint density at radius 2 is 2.07 bits per heavy atom. The molecule has 0 bridgehead atoms. The zero-order valence-electron chi connectivity index (χ0n) is 10.1. The zero-order valence-corrected chi connectivity index (χ0v) is 11.0. The summed E-state index contributed by atoms with van der Waals surface area (Å²) >= 11 is 1.98. The highest BCUT2D eigenvalue weighted by Crippen LogP contribution is 2.37. The van der Waals surface area contributed by atoms with Crippen LogP contribution in [-0.2, 0) is 0 Å². The van der Waals surface area contributed by atoms with Gasteiger partial charge in [0.25, 0.3) is 0 Å². The first-order valence-corrected chi connectivity index (χ1v) is 7.00. The molecule has 0 heterocycles. The van der Waals surface area contributed by atoms with Crippen LogP contribution in [0.3, 0.4) is 0 Å². The highest BCUT2D eigenvalue weighted by atomic mass is 32.2. The molecule has 0 aromatic heterocycles. The minimum atomic E-state index is 0.293. The Bertz CT molecular complexity index is 176. The molecule has 0 spiro atoms. The van der Waals surface area contributed by atoms with Gasteiger partial charge in [0, 0.05) is 23.1 Å². The first-order chi connectivity index (χ1) is 7.04. The molecule has 1 saturated carbocycles. The van der Waals surface area contributed by atoms with Crippen molar-refractivity contribution in [1.29, 1.82) is 0 Å². The van der Waals surface area contributed by atoms with Crippen LogP contribution in [0.25, 0.3) is 0 Å². The fourth-order valence-corrected chi connectivity index (χ4v) is 4.11. The van der Waals surface area contributed by atoms with E-state index in [0.717, 1.165) is 24.7 Å². The Morgan fingerprint density at radius 1 is 1.40 bits per heavy atom. The summed E-state index contributed by atoms with van der Waals surface area (Å²) in [5.41, 5.74) is 6.22. The predicted molar refractivity (Wildman–Crippen MR) is 68.1 cm³/mol. The van der Waals surface area contributed by atoms with Crippen LogP contribution in [0, 0.1) is 11.8 Å². The van der Waals surface area contributed by atoms with Gasteiger partial charge in [-0.2, -0.15) is 11.8 Å². The SMILES string of the molecule is CC1CC(C)C(SC(C)CCO)C(N)C1. The van der Waals surface area contributed by atoms with E-state index in [1.807, 2.05) is 11.8 Å². The van der Waals surface area contributed by atoms with Crippen LogP contribution < -0.4 is 5.73 Å². The van der Waals surface area contributed by atoms with E-state index < -0.39 is 0 Å². The van der Waals surface area contributed by atoms with Gasteiger partial charge in [-0.05, 0) is 31.1 Å². The lowest BCUT2D eigenvalue weighted by Crippen LogP contribution is -2.43. The molecule has 0 radical (unpaired) electrons. The van der Waals surface area contributed by atoms with Gasteiger partial charge in [-0.15, -0.1) is 0 Å². The van der Waals surface area contributed by atoms with Crippen LogP contribution in [0.5, 0.6) is 0 Å². The smallest absolute Gasteiger partial charge is 0.0441 e. The van der Waals surface area contributed by atoms with Crippen molar-refractivity contribution in [3.05, 3.63) is 0 Å². The first-order valence-electron chi connectivity index (χ1n) is 6.06. The van der Waals surface area contributed by atoms with Crippen molar-refractivity contribution in [3.63, 3.8) is 0 Å². The first kappa shape index (κ1) is 13.3. The van der Waals surface area contributed by atoms with Gasteiger partial charge in [0.1, 0.15) is 0 Å². The van der Waals surface area contributed by atoms with Crippen molar-refractivity contribution in [3.8, 4) is 0 Å². The van der Waals surface area contributed by atoms with Crippen molar-refractivity contribution in [2.24, 2.45) is 17.6 Å². The number of aliphatic hydroxyl groups is 1. The van der Waals surface area contributed by atoms with E-state index in [4.69, 9.17) is 10.8 Å². The maximum atomic E-state index is 8.90. The Labute approximate surface area is 98.0 Å². The standard InChI is InChI=1S/C12H25NOS/c1-8-6-9(2)12(11(13)7-8)15-10(3)4-5-14/h8-12,14H,4-7,13H2,1-3H3. The average molecular weight is 231 g/mol. The van der Waals surface area contributed by atoms with Gasteiger partial charge in [0.15, 0.2) is 0 Å². The topological polar surface area (TPSA) is 46.2 Å². The molecule has 3 heteroatoms. The third-order valence-electron chi connectivity index (χ3n) is 3.36. The molecule has 0 saturated heterocycles. The molecule has 90 valence electrons. The molecular weight excluding hydrogens is 206 g/mol. The highest BCUT2D eigenvalue weighted by molar-refractivity contribution is 8.00. The number of thioether (sulfide) groups is 1. The fraction of sp³-hybridized carbons (Fsp3) is 1.00. The maximum absolute atomic E-state index is 8.90. The van der Waals surface area contributed by atoms with Crippen molar-refractivity contribution >= 4 is 11.8 Å². The van der Waals surface area contributed by atoms with E-state index in [9.17, 15) is 0 Å². The lowest BCUT2D eigenvalue weighted by molar-refractivity contribution is 0.275. The number of hydrogen-bond donors (Lipinski definition) is 2. The minimum absolute atomic E-state index is 0.293. The molecule has 0 aromatic rings. The molecule has 0 amide bonds. The van der Waals surface area contributed by atoms with Crippen LogP contribution in [0.1, 0.15) is 40.0 Å². The zero-order chi connectivity index (χ0) is 11.4. The summed E-state index contributed by atoms with van der Waals surface area (Å²) in [4.78, 5) is 0. The number of rotatable bonds is 4. The van der Waals surface area contributed by atoms with E-state index in [1.165, 1.54) is 6.42 Å². The number of nitrogens with two attached hydrogens (primary N) is 1. The molecule has 0 aromatic carbocycles. The monoisotopic (exact) mass is 231 g/mol. The minimum Gasteiger partial charge on any atom is -0.396 e. The van der Waals surface area contributed by atoms with Crippen LogP contribution in [0.4, 0.5) is 0 Å². The number of aliphatic hydroxyl groups excluding tert-OH is 1. The van der Waals surface area contributed by atoms with E-state index in [0.29, 0.717) is 23.1 Å². The van der Waals surface area contributed by atoms with Gasteiger partial charge in [0.05, 0.1) is 0 Å². The molecular formula is C12H25NOS. The van der Waals surface area contributed by atoms with E-state index in [2.05, 4.69) is 20.8 Å². The maximum Gasteiger partial charge on any atom is 0.0441 e. The lowest BCUT2D eigenvalue weighted by Gasteiger charge is -2.38. The van der Waals surface area contributed by atoms with Crippen LogP contribution >= 0.6 is 11.8 Å². The summed E-state index contributed by atoms with van der Waals surface area (Å²) in [5, 5.41) is 10.0. The van der Waals surface area contributed by atoms with Crippen molar-refractivity contribution in [2.45, 2.75) is 56.6 Å². The Kier molecular flexibility index (Phi) is 5.44. The van der Waals surface area contributed by atoms with Crippen molar-refractivity contribution < 1.29 is 5.11 Å². The molecule has 5 atom stereocenters. The lowest BCUT2D eigenvalue weighted by atomic mass is 9.80. The van der Waals surface area contributed by atoms with E-state index in [-0.39, 0.29) is 0 Å². The molecule has 1 aliphatic carbocycles. The predicted octanol–water partition coefficient (Wildman–Crippen LogP) is 2.25. The van der Waals surface area contributed by atoms with Crippen LogP contribution in [0.2, 0.25) is 0 Å². The second-order valence-electron chi connectivity index (χ2n) is 5.14. The third-order valence-corrected chi connectivity index (χ3v) is 5.19. The Balaban J connectivity index is 2.45. The quantitative estimate of drug-likeness (QED) is 0.780. The van der Waals surface area contributed by atoms with E-state index >= 15 is 0 Å². The van der Waals surface area contributed by atoms with Crippen LogP contribution in [0.15, 0.2) is 0 Å².